The van der Waals surface area contributed by atoms with Gasteiger partial charge in [-0.15, -0.1) is 0 Å². The molecule has 0 aliphatic heterocycles. The van der Waals surface area contributed by atoms with Crippen molar-refractivity contribution in [1.29, 1.82) is 0 Å². The summed E-state index contributed by atoms with van der Waals surface area (Å²) in [5, 5.41) is 0. The minimum absolute atomic E-state index is 0.202. The molecule has 0 radical (unpaired) electrons. The predicted octanol–water partition coefficient (Wildman–Crippen LogP) is 4.31. The summed E-state index contributed by atoms with van der Waals surface area (Å²) in [4.78, 5) is 0. The summed E-state index contributed by atoms with van der Waals surface area (Å²) in [6.07, 6.45) is 0. The van der Waals surface area contributed by atoms with Crippen molar-refractivity contribution >= 4 is 0 Å². The number of aryl methyl sites for hydroxylation is 1. The van der Waals surface area contributed by atoms with Crippen LogP contribution in [0.4, 0.5) is 4.39 Å². The standard InChI is InChI=1S/C17H20FN/c1-11(2)13-6-8-14(9-7-13)17(19)15-5-4-12(3)16(18)10-15/h4-11,17H,19H2,1-3H3. The van der Waals surface area contributed by atoms with E-state index in [4.69, 9.17) is 5.73 Å². The average Bonchev–Trinajstić information content (AvgIpc) is 2.41. The van der Waals surface area contributed by atoms with E-state index in [2.05, 4.69) is 26.0 Å². The first kappa shape index (κ1) is 13.8. The van der Waals surface area contributed by atoms with Gasteiger partial charge in [0.1, 0.15) is 5.82 Å². The molecular formula is C17H20FN. The van der Waals surface area contributed by atoms with Crippen LogP contribution in [0.15, 0.2) is 42.5 Å². The molecule has 0 aliphatic rings. The smallest absolute Gasteiger partial charge is 0.126 e. The quantitative estimate of drug-likeness (QED) is 0.871. The minimum atomic E-state index is -0.281. The van der Waals surface area contributed by atoms with E-state index in [0.29, 0.717) is 11.5 Å². The molecule has 1 nitrogen and oxygen atoms in total. The lowest BCUT2D eigenvalue weighted by atomic mass is 9.95. The summed E-state index contributed by atoms with van der Waals surface area (Å²) in [5.41, 5.74) is 9.94. The highest BCUT2D eigenvalue weighted by Gasteiger charge is 2.11. The van der Waals surface area contributed by atoms with E-state index >= 15 is 0 Å². The van der Waals surface area contributed by atoms with E-state index in [0.717, 1.165) is 11.1 Å². The van der Waals surface area contributed by atoms with Gasteiger partial charge in [-0.2, -0.15) is 0 Å². The van der Waals surface area contributed by atoms with E-state index in [1.54, 1.807) is 13.0 Å². The number of hydrogen-bond acceptors (Lipinski definition) is 1. The lowest BCUT2D eigenvalue weighted by molar-refractivity contribution is 0.614. The van der Waals surface area contributed by atoms with Crippen LogP contribution in [0.5, 0.6) is 0 Å². The molecule has 19 heavy (non-hydrogen) atoms. The first-order valence-electron chi connectivity index (χ1n) is 6.60. The van der Waals surface area contributed by atoms with Gasteiger partial charge in [-0.3, -0.25) is 0 Å². The molecule has 2 heteroatoms. The zero-order chi connectivity index (χ0) is 14.0. The van der Waals surface area contributed by atoms with Crippen molar-refractivity contribution in [2.75, 3.05) is 0 Å². The highest BCUT2D eigenvalue weighted by molar-refractivity contribution is 5.35. The maximum atomic E-state index is 13.6. The second-order valence-corrected chi connectivity index (χ2v) is 5.31. The Labute approximate surface area is 114 Å². The molecule has 0 bridgehead atoms. The molecule has 0 fully saturated rings. The second-order valence-electron chi connectivity index (χ2n) is 5.31. The van der Waals surface area contributed by atoms with Crippen LogP contribution in [-0.2, 0) is 0 Å². The van der Waals surface area contributed by atoms with Gasteiger partial charge in [0.05, 0.1) is 6.04 Å². The van der Waals surface area contributed by atoms with Crippen molar-refractivity contribution in [2.24, 2.45) is 5.73 Å². The summed E-state index contributed by atoms with van der Waals surface area (Å²) in [6.45, 7) is 6.07. The van der Waals surface area contributed by atoms with E-state index in [9.17, 15) is 4.39 Å². The lowest BCUT2D eigenvalue weighted by Gasteiger charge is -2.14. The average molecular weight is 257 g/mol. The number of rotatable bonds is 3. The molecule has 1 unspecified atom stereocenters. The van der Waals surface area contributed by atoms with Gasteiger partial charge in [-0.1, -0.05) is 50.2 Å². The molecule has 2 rings (SSSR count). The molecule has 2 aromatic rings. The molecule has 0 aliphatic carbocycles. The topological polar surface area (TPSA) is 26.0 Å². The molecule has 0 heterocycles. The Morgan fingerprint density at radius 2 is 1.42 bits per heavy atom. The first-order chi connectivity index (χ1) is 8.99. The molecule has 1 atom stereocenters. The minimum Gasteiger partial charge on any atom is -0.320 e. The molecule has 0 amide bonds. The van der Waals surface area contributed by atoms with Gasteiger partial charge in [0.25, 0.3) is 0 Å². The van der Waals surface area contributed by atoms with Crippen LogP contribution in [0.1, 0.15) is 48.1 Å². The summed E-state index contributed by atoms with van der Waals surface area (Å²) in [7, 11) is 0. The second kappa shape index (κ2) is 5.54. The fourth-order valence-corrected chi connectivity index (χ4v) is 2.08. The fraction of sp³-hybridized carbons (Fsp3) is 0.294. The van der Waals surface area contributed by atoms with Crippen LogP contribution in [0.25, 0.3) is 0 Å². The Balaban J connectivity index is 2.27. The third-order valence-corrected chi connectivity index (χ3v) is 3.52. The summed E-state index contributed by atoms with van der Waals surface area (Å²) < 4.78 is 13.6. The molecule has 100 valence electrons. The summed E-state index contributed by atoms with van der Waals surface area (Å²) in [5.74, 6) is 0.300. The van der Waals surface area contributed by atoms with Gasteiger partial charge in [0.2, 0.25) is 0 Å². The van der Waals surface area contributed by atoms with Gasteiger partial charge >= 0.3 is 0 Å². The van der Waals surface area contributed by atoms with Crippen LogP contribution in [0.2, 0.25) is 0 Å². The predicted molar refractivity (Wildman–Crippen MR) is 77.7 cm³/mol. The Morgan fingerprint density at radius 3 is 1.95 bits per heavy atom. The van der Waals surface area contributed by atoms with E-state index in [1.807, 2.05) is 18.2 Å². The van der Waals surface area contributed by atoms with Gasteiger partial charge in [0, 0.05) is 0 Å². The summed E-state index contributed by atoms with van der Waals surface area (Å²) in [6, 6.07) is 13.1. The van der Waals surface area contributed by atoms with Crippen molar-refractivity contribution in [3.8, 4) is 0 Å². The zero-order valence-electron chi connectivity index (χ0n) is 11.7. The van der Waals surface area contributed by atoms with Crippen LogP contribution in [0.3, 0.4) is 0 Å². The van der Waals surface area contributed by atoms with Crippen molar-refractivity contribution < 1.29 is 4.39 Å². The van der Waals surface area contributed by atoms with Crippen LogP contribution in [0, 0.1) is 12.7 Å². The zero-order valence-corrected chi connectivity index (χ0v) is 11.7. The molecular weight excluding hydrogens is 237 g/mol. The maximum Gasteiger partial charge on any atom is 0.126 e. The molecule has 0 aromatic heterocycles. The first-order valence-corrected chi connectivity index (χ1v) is 6.60. The molecule has 2 aromatic carbocycles. The van der Waals surface area contributed by atoms with Crippen molar-refractivity contribution in [3.05, 3.63) is 70.5 Å². The normalized spacial score (nSPS) is 12.7. The highest BCUT2D eigenvalue weighted by atomic mass is 19.1. The Bertz CT molecular complexity index is 558. The molecule has 0 saturated heterocycles. The number of halogens is 1. The van der Waals surface area contributed by atoms with Crippen LogP contribution < -0.4 is 5.73 Å². The van der Waals surface area contributed by atoms with E-state index < -0.39 is 0 Å². The monoisotopic (exact) mass is 257 g/mol. The SMILES string of the molecule is Cc1ccc(C(N)c2ccc(C(C)C)cc2)cc1F. The van der Waals surface area contributed by atoms with Gasteiger partial charge in [-0.05, 0) is 41.2 Å². The molecule has 0 saturated carbocycles. The van der Waals surface area contributed by atoms with Gasteiger partial charge in [0.15, 0.2) is 0 Å². The number of hydrogen-bond donors (Lipinski definition) is 1. The molecule has 2 N–H and O–H groups in total. The number of nitrogens with two attached hydrogens (primary N) is 1. The van der Waals surface area contributed by atoms with Gasteiger partial charge < -0.3 is 5.73 Å². The van der Waals surface area contributed by atoms with Crippen molar-refractivity contribution in [2.45, 2.75) is 32.7 Å². The largest absolute Gasteiger partial charge is 0.320 e. The van der Waals surface area contributed by atoms with Crippen molar-refractivity contribution in [1.82, 2.24) is 0 Å². The Kier molecular flexibility index (Phi) is 4.01. The fourth-order valence-electron chi connectivity index (χ4n) is 2.08. The molecule has 0 spiro atoms. The third kappa shape index (κ3) is 3.02. The lowest BCUT2D eigenvalue weighted by Crippen LogP contribution is -2.12. The van der Waals surface area contributed by atoms with Crippen LogP contribution in [-0.4, -0.2) is 0 Å². The third-order valence-electron chi connectivity index (χ3n) is 3.52. The highest BCUT2D eigenvalue weighted by Crippen LogP contribution is 2.23. The van der Waals surface area contributed by atoms with E-state index in [-0.39, 0.29) is 11.9 Å². The Morgan fingerprint density at radius 1 is 0.895 bits per heavy atom. The maximum absolute atomic E-state index is 13.6. The van der Waals surface area contributed by atoms with Gasteiger partial charge in [-0.25, -0.2) is 4.39 Å². The summed E-state index contributed by atoms with van der Waals surface area (Å²) >= 11 is 0. The van der Waals surface area contributed by atoms with E-state index in [1.165, 1.54) is 11.6 Å². The van der Waals surface area contributed by atoms with Crippen LogP contribution >= 0.6 is 0 Å². The van der Waals surface area contributed by atoms with Crippen molar-refractivity contribution in [3.63, 3.8) is 0 Å². The number of benzene rings is 2. The Hall–Kier alpha value is -1.67.